The van der Waals surface area contributed by atoms with Crippen molar-refractivity contribution in [2.24, 2.45) is 0 Å². The van der Waals surface area contributed by atoms with Crippen molar-refractivity contribution in [3.05, 3.63) is 112 Å². The van der Waals surface area contributed by atoms with E-state index in [1.54, 1.807) is 54.6 Å². The van der Waals surface area contributed by atoms with E-state index in [0.717, 1.165) is 0 Å². The minimum atomic E-state index is -1.32. The van der Waals surface area contributed by atoms with Gasteiger partial charge in [-0.3, -0.25) is 9.59 Å². The Balaban J connectivity index is 1.87. The molecule has 3 aromatic carbocycles. The number of carboxylic acids is 1. The number of amides is 1. The van der Waals surface area contributed by atoms with Crippen molar-refractivity contribution in [1.82, 2.24) is 15.5 Å². The summed E-state index contributed by atoms with van der Waals surface area (Å²) < 4.78 is 0. The fourth-order valence-corrected chi connectivity index (χ4v) is 3.49. The standard InChI is InChI=1S/C25H19N3O4/c29-23(26-22(25(31)32)18-14-8-3-9-15-18)20-19(16-10-4-1-5-11-16)21(27-28-24(20)30)17-12-6-2-7-13-17/h1-15,22H,(H,26,29)(H,28,30)(H,31,32)/t22-/m0/s1. The van der Waals surface area contributed by atoms with Gasteiger partial charge in [-0.1, -0.05) is 91.0 Å². The van der Waals surface area contributed by atoms with Crippen molar-refractivity contribution >= 4 is 11.9 Å². The Labute approximate surface area is 183 Å². The largest absolute Gasteiger partial charge is 0.479 e. The number of hydrogen-bond acceptors (Lipinski definition) is 4. The van der Waals surface area contributed by atoms with E-state index < -0.39 is 23.5 Å². The van der Waals surface area contributed by atoms with Gasteiger partial charge in [0.15, 0.2) is 6.04 Å². The highest BCUT2D eigenvalue weighted by Gasteiger charge is 2.28. The second-order valence-electron chi connectivity index (χ2n) is 7.04. The van der Waals surface area contributed by atoms with Crippen LogP contribution >= 0.6 is 0 Å². The van der Waals surface area contributed by atoms with E-state index >= 15 is 0 Å². The van der Waals surface area contributed by atoms with Gasteiger partial charge < -0.3 is 10.4 Å². The number of nitrogens with zero attached hydrogens (tertiary/aromatic N) is 1. The van der Waals surface area contributed by atoms with Gasteiger partial charge in [-0.05, 0) is 11.1 Å². The van der Waals surface area contributed by atoms with Gasteiger partial charge in [0.25, 0.3) is 11.5 Å². The van der Waals surface area contributed by atoms with Gasteiger partial charge in [0, 0.05) is 11.1 Å². The van der Waals surface area contributed by atoms with Gasteiger partial charge in [-0.15, -0.1) is 0 Å². The first-order valence-electron chi connectivity index (χ1n) is 9.88. The normalized spacial score (nSPS) is 11.5. The molecule has 7 heteroatoms. The lowest BCUT2D eigenvalue weighted by Gasteiger charge is -2.17. The molecule has 0 aliphatic heterocycles. The number of aliphatic carboxylic acids is 1. The first-order chi connectivity index (χ1) is 15.6. The minimum Gasteiger partial charge on any atom is -0.479 e. The van der Waals surface area contributed by atoms with Crippen molar-refractivity contribution in [3.63, 3.8) is 0 Å². The molecule has 0 aliphatic carbocycles. The Morgan fingerprint density at radius 2 is 1.34 bits per heavy atom. The van der Waals surface area contributed by atoms with Crippen LogP contribution in [0.15, 0.2) is 95.8 Å². The first kappa shape index (κ1) is 20.7. The number of benzene rings is 3. The molecule has 158 valence electrons. The fourth-order valence-electron chi connectivity index (χ4n) is 3.49. The van der Waals surface area contributed by atoms with Crippen LogP contribution in [0.25, 0.3) is 22.4 Å². The monoisotopic (exact) mass is 425 g/mol. The van der Waals surface area contributed by atoms with Crippen LogP contribution < -0.4 is 10.9 Å². The van der Waals surface area contributed by atoms with Gasteiger partial charge in [0.05, 0.1) is 5.69 Å². The Morgan fingerprint density at radius 3 is 1.91 bits per heavy atom. The van der Waals surface area contributed by atoms with Gasteiger partial charge in [-0.25, -0.2) is 9.89 Å². The first-order valence-corrected chi connectivity index (χ1v) is 9.88. The average molecular weight is 425 g/mol. The molecule has 1 atom stereocenters. The van der Waals surface area contributed by atoms with E-state index in [9.17, 15) is 19.5 Å². The number of aromatic amines is 1. The van der Waals surface area contributed by atoms with Crippen molar-refractivity contribution in [3.8, 4) is 22.4 Å². The molecular weight excluding hydrogens is 406 g/mol. The number of carbonyl (C=O) groups is 2. The summed E-state index contributed by atoms with van der Waals surface area (Å²) in [6.45, 7) is 0. The van der Waals surface area contributed by atoms with Crippen LogP contribution in [-0.4, -0.2) is 27.2 Å². The van der Waals surface area contributed by atoms with E-state index in [-0.39, 0.29) is 5.56 Å². The lowest BCUT2D eigenvalue weighted by Crippen LogP contribution is -2.37. The molecule has 7 nitrogen and oxygen atoms in total. The van der Waals surface area contributed by atoms with Crippen LogP contribution in [0.1, 0.15) is 22.0 Å². The van der Waals surface area contributed by atoms with E-state index in [1.165, 1.54) is 0 Å². The zero-order valence-corrected chi connectivity index (χ0v) is 16.9. The molecule has 0 saturated heterocycles. The Kier molecular flexibility index (Phi) is 5.89. The van der Waals surface area contributed by atoms with E-state index in [1.807, 2.05) is 36.4 Å². The molecule has 0 saturated carbocycles. The maximum absolute atomic E-state index is 13.3. The topological polar surface area (TPSA) is 112 Å². The van der Waals surface area contributed by atoms with Crippen molar-refractivity contribution in [2.45, 2.75) is 6.04 Å². The summed E-state index contributed by atoms with van der Waals surface area (Å²) in [4.78, 5) is 38.0. The third-order valence-electron chi connectivity index (χ3n) is 4.98. The summed E-state index contributed by atoms with van der Waals surface area (Å²) in [5.41, 5.74) is 1.54. The molecule has 32 heavy (non-hydrogen) atoms. The summed E-state index contributed by atoms with van der Waals surface area (Å²) in [5.74, 6) is -2.04. The van der Waals surface area contributed by atoms with Crippen molar-refractivity contribution in [1.29, 1.82) is 0 Å². The number of carbonyl (C=O) groups excluding carboxylic acids is 1. The highest BCUT2D eigenvalue weighted by molar-refractivity contribution is 6.04. The van der Waals surface area contributed by atoms with Crippen LogP contribution in [0.5, 0.6) is 0 Å². The molecule has 1 aromatic heterocycles. The third-order valence-corrected chi connectivity index (χ3v) is 4.98. The molecule has 1 heterocycles. The number of carboxylic acid groups (broad SMARTS) is 1. The number of H-pyrrole nitrogens is 1. The summed E-state index contributed by atoms with van der Waals surface area (Å²) in [6.07, 6.45) is 0. The van der Waals surface area contributed by atoms with Gasteiger partial charge >= 0.3 is 5.97 Å². The number of rotatable bonds is 6. The lowest BCUT2D eigenvalue weighted by molar-refractivity contribution is -0.139. The highest BCUT2D eigenvalue weighted by Crippen LogP contribution is 2.31. The number of hydrogen-bond donors (Lipinski definition) is 3. The predicted molar refractivity (Wildman–Crippen MR) is 120 cm³/mol. The predicted octanol–water partition coefficient (Wildman–Crippen LogP) is 3.66. The summed E-state index contributed by atoms with van der Waals surface area (Å²) in [7, 11) is 0. The van der Waals surface area contributed by atoms with Crippen LogP contribution in [-0.2, 0) is 4.79 Å². The number of aromatic nitrogens is 2. The van der Waals surface area contributed by atoms with Gasteiger partial charge in [0.2, 0.25) is 0 Å². The molecule has 1 amide bonds. The quantitative estimate of drug-likeness (QED) is 0.436. The molecular formula is C25H19N3O4. The molecule has 0 bridgehead atoms. The molecule has 4 rings (SSSR count). The zero-order chi connectivity index (χ0) is 22.5. The molecule has 4 aromatic rings. The van der Waals surface area contributed by atoms with Crippen molar-refractivity contribution in [2.75, 3.05) is 0 Å². The third kappa shape index (κ3) is 4.17. The summed E-state index contributed by atoms with van der Waals surface area (Å²) >= 11 is 0. The zero-order valence-electron chi connectivity index (χ0n) is 16.9. The van der Waals surface area contributed by atoms with Crippen LogP contribution in [0, 0.1) is 0 Å². The lowest BCUT2D eigenvalue weighted by atomic mass is 9.95. The van der Waals surface area contributed by atoms with Crippen LogP contribution in [0.2, 0.25) is 0 Å². The summed E-state index contributed by atoms with van der Waals surface area (Å²) in [5, 5.41) is 18.8. The average Bonchev–Trinajstić information content (AvgIpc) is 2.83. The van der Waals surface area contributed by atoms with Crippen molar-refractivity contribution < 1.29 is 14.7 Å². The number of nitrogens with one attached hydrogen (secondary N) is 2. The van der Waals surface area contributed by atoms with E-state index in [0.29, 0.717) is 27.9 Å². The Bertz CT molecular complexity index is 1300. The molecule has 0 fully saturated rings. The molecule has 3 N–H and O–H groups in total. The highest BCUT2D eigenvalue weighted by atomic mass is 16.4. The summed E-state index contributed by atoms with van der Waals surface area (Å²) in [6, 6.07) is 25.1. The van der Waals surface area contributed by atoms with Crippen LogP contribution in [0.3, 0.4) is 0 Å². The molecule has 0 spiro atoms. The maximum atomic E-state index is 13.3. The fraction of sp³-hybridized carbons (Fsp3) is 0.0400. The van der Waals surface area contributed by atoms with Crippen LogP contribution in [0.4, 0.5) is 0 Å². The second-order valence-corrected chi connectivity index (χ2v) is 7.04. The Morgan fingerprint density at radius 1 is 0.812 bits per heavy atom. The van der Waals surface area contributed by atoms with Gasteiger partial charge in [0.1, 0.15) is 5.56 Å². The molecule has 0 radical (unpaired) electrons. The van der Waals surface area contributed by atoms with E-state index in [4.69, 9.17) is 0 Å². The SMILES string of the molecule is O=C(N[C@H](C(=O)O)c1ccccc1)c1c(-c2ccccc2)c(-c2ccccc2)n[nH]c1=O. The Hall–Kier alpha value is -4.52. The molecule has 0 aliphatic rings. The molecule has 0 unspecified atom stereocenters. The smallest absolute Gasteiger partial charge is 0.330 e. The van der Waals surface area contributed by atoms with Gasteiger partial charge in [-0.2, -0.15) is 5.10 Å². The second kappa shape index (κ2) is 9.09. The van der Waals surface area contributed by atoms with E-state index in [2.05, 4.69) is 15.5 Å². The minimum absolute atomic E-state index is 0.202. The maximum Gasteiger partial charge on any atom is 0.330 e.